The monoisotopic (exact) mass is 308 g/mol. The number of carbonyl (C=O) groups excluding carboxylic acids is 1. The molecule has 3 heteroatoms. The first kappa shape index (κ1) is 15.8. The van der Waals surface area contributed by atoms with E-state index in [1.54, 1.807) is 0 Å². The SMILES string of the molecule is CC(NC(=O)C1CCCNC1)c1ccc(-c2ccccc2)cc1. The minimum atomic E-state index is 0.0363. The molecule has 0 spiro atoms. The van der Waals surface area contributed by atoms with E-state index in [0.717, 1.165) is 31.5 Å². The van der Waals surface area contributed by atoms with Crippen LogP contribution in [0.15, 0.2) is 54.6 Å². The van der Waals surface area contributed by atoms with Crippen LogP contribution in [0.25, 0.3) is 11.1 Å². The smallest absolute Gasteiger partial charge is 0.224 e. The molecule has 1 aliphatic rings. The van der Waals surface area contributed by atoms with Crippen LogP contribution in [0.2, 0.25) is 0 Å². The van der Waals surface area contributed by atoms with Gasteiger partial charge in [0, 0.05) is 6.54 Å². The summed E-state index contributed by atoms with van der Waals surface area (Å²) in [6, 6.07) is 18.8. The molecule has 0 bridgehead atoms. The lowest BCUT2D eigenvalue weighted by Gasteiger charge is -2.24. The van der Waals surface area contributed by atoms with E-state index in [0.29, 0.717) is 0 Å². The van der Waals surface area contributed by atoms with Crippen molar-refractivity contribution in [3.63, 3.8) is 0 Å². The number of piperidine rings is 1. The minimum Gasteiger partial charge on any atom is -0.349 e. The van der Waals surface area contributed by atoms with Crippen molar-refractivity contribution < 1.29 is 4.79 Å². The summed E-state index contributed by atoms with van der Waals surface area (Å²) in [4.78, 5) is 12.3. The van der Waals surface area contributed by atoms with Crippen molar-refractivity contribution in [2.45, 2.75) is 25.8 Å². The summed E-state index contributed by atoms with van der Waals surface area (Å²) in [6.45, 7) is 3.87. The van der Waals surface area contributed by atoms with Crippen LogP contribution in [0.1, 0.15) is 31.4 Å². The van der Waals surface area contributed by atoms with Crippen LogP contribution in [0.4, 0.5) is 0 Å². The summed E-state index contributed by atoms with van der Waals surface area (Å²) in [7, 11) is 0. The fourth-order valence-electron chi connectivity index (χ4n) is 3.09. The highest BCUT2D eigenvalue weighted by molar-refractivity contribution is 5.79. The van der Waals surface area contributed by atoms with Gasteiger partial charge in [0.1, 0.15) is 0 Å². The van der Waals surface area contributed by atoms with E-state index in [1.165, 1.54) is 11.1 Å². The molecule has 1 heterocycles. The minimum absolute atomic E-state index is 0.0363. The molecule has 120 valence electrons. The molecule has 2 atom stereocenters. The van der Waals surface area contributed by atoms with Crippen LogP contribution in [-0.2, 0) is 4.79 Å². The molecule has 0 aliphatic carbocycles. The molecule has 3 nitrogen and oxygen atoms in total. The van der Waals surface area contributed by atoms with Crippen LogP contribution in [0.5, 0.6) is 0 Å². The Morgan fingerprint density at radius 2 is 1.78 bits per heavy atom. The number of hydrogen-bond acceptors (Lipinski definition) is 2. The maximum absolute atomic E-state index is 12.3. The van der Waals surface area contributed by atoms with E-state index in [4.69, 9.17) is 0 Å². The third-order valence-electron chi connectivity index (χ3n) is 4.54. The van der Waals surface area contributed by atoms with Crippen LogP contribution in [0, 0.1) is 5.92 Å². The molecular weight excluding hydrogens is 284 g/mol. The molecule has 1 fully saturated rings. The Morgan fingerprint density at radius 1 is 1.09 bits per heavy atom. The van der Waals surface area contributed by atoms with Crippen molar-refractivity contribution in [1.82, 2.24) is 10.6 Å². The fraction of sp³-hybridized carbons (Fsp3) is 0.350. The maximum Gasteiger partial charge on any atom is 0.224 e. The number of benzene rings is 2. The van der Waals surface area contributed by atoms with Gasteiger partial charge in [0.15, 0.2) is 0 Å². The molecule has 23 heavy (non-hydrogen) atoms. The zero-order chi connectivity index (χ0) is 16.1. The largest absolute Gasteiger partial charge is 0.349 e. The predicted molar refractivity (Wildman–Crippen MR) is 94.0 cm³/mol. The van der Waals surface area contributed by atoms with Gasteiger partial charge in [-0.25, -0.2) is 0 Å². The van der Waals surface area contributed by atoms with E-state index >= 15 is 0 Å². The second kappa shape index (κ2) is 7.42. The molecule has 1 saturated heterocycles. The number of rotatable bonds is 4. The third-order valence-corrected chi connectivity index (χ3v) is 4.54. The Kier molecular flexibility index (Phi) is 5.09. The lowest BCUT2D eigenvalue weighted by Crippen LogP contribution is -2.41. The zero-order valence-corrected chi connectivity index (χ0v) is 13.6. The lowest BCUT2D eigenvalue weighted by atomic mass is 9.97. The molecule has 3 rings (SSSR count). The molecule has 2 unspecified atom stereocenters. The van der Waals surface area contributed by atoms with Crippen molar-refractivity contribution in [3.8, 4) is 11.1 Å². The van der Waals surface area contributed by atoms with Crippen molar-refractivity contribution in [2.24, 2.45) is 5.92 Å². The number of carbonyl (C=O) groups is 1. The summed E-state index contributed by atoms with van der Waals surface area (Å²) in [5.74, 6) is 0.270. The first-order valence-corrected chi connectivity index (χ1v) is 8.40. The highest BCUT2D eigenvalue weighted by Gasteiger charge is 2.22. The van der Waals surface area contributed by atoms with Crippen LogP contribution in [0.3, 0.4) is 0 Å². The molecule has 0 saturated carbocycles. The molecule has 1 amide bonds. The summed E-state index contributed by atoms with van der Waals surface area (Å²) < 4.78 is 0. The molecule has 2 aromatic rings. The summed E-state index contributed by atoms with van der Waals surface area (Å²) >= 11 is 0. The fourth-order valence-corrected chi connectivity index (χ4v) is 3.09. The molecule has 0 radical (unpaired) electrons. The lowest BCUT2D eigenvalue weighted by molar-refractivity contribution is -0.126. The van der Waals surface area contributed by atoms with Crippen molar-refractivity contribution >= 4 is 5.91 Å². The van der Waals surface area contributed by atoms with Gasteiger partial charge in [-0.1, -0.05) is 54.6 Å². The van der Waals surface area contributed by atoms with Crippen LogP contribution in [-0.4, -0.2) is 19.0 Å². The number of amides is 1. The van der Waals surface area contributed by atoms with Gasteiger partial charge in [-0.05, 0) is 43.0 Å². The Hall–Kier alpha value is -2.13. The highest BCUT2D eigenvalue weighted by atomic mass is 16.1. The Bertz CT molecular complexity index is 630. The standard InChI is InChI=1S/C20H24N2O/c1-15(22-20(23)19-8-5-13-21-14-19)16-9-11-18(12-10-16)17-6-3-2-4-7-17/h2-4,6-7,9-12,15,19,21H,5,8,13-14H2,1H3,(H,22,23). The van der Waals surface area contributed by atoms with Crippen molar-refractivity contribution in [1.29, 1.82) is 0 Å². The van der Waals surface area contributed by atoms with Gasteiger partial charge in [0.25, 0.3) is 0 Å². The van der Waals surface area contributed by atoms with Gasteiger partial charge in [-0.2, -0.15) is 0 Å². The average molecular weight is 308 g/mol. The zero-order valence-electron chi connectivity index (χ0n) is 13.6. The third kappa shape index (κ3) is 3.99. The van der Waals surface area contributed by atoms with Gasteiger partial charge < -0.3 is 10.6 Å². The van der Waals surface area contributed by atoms with E-state index in [-0.39, 0.29) is 17.9 Å². The number of hydrogen-bond donors (Lipinski definition) is 2. The summed E-state index contributed by atoms with van der Waals surface area (Å²) in [5, 5.41) is 6.44. The van der Waals surface area contributed by atoms with E-state index in [2.05, 4.69) is 47.0 Å². The first-order valence-electron chi connectivity index (χ1n) is 8.40. The Labute approximate surface area is 138 Å². The molecule has 1 aliphatic heterocycles. The average Bonchev–Trinajstić information content (AvgIpc) is 2.63. The second-order valence-corrected chi connectivity index (χ2v) is 6.26. The normalized spacial score (nSPS) is 19.1. The predicted octanol–water partition coefficient (Wildman–Crippen LogP) is 3.53. The molecule has 2 aromatic carbocycles. The number of nitrogens with one attached hydrogen (secondary N) is 2. The van der Waals surface area contributed by atoms with Gasteiger partial charge >= 0.3 is 0 Å². The molecule has 0 aromatic heterocycles. The van der Waals surface area contributed by atoms with Gasteiger partial charge in [-0.15, -0.1) is 0 Å². The van der Waals surface area contributed by atoms with E-state index in [1.807, 2.05) is 25.1 Å². The summed E-state index contributed by atoms with van der Waals surface area (Å²) in [5.41, 5.74) is 3.55. The second-order valence-electron chi connectivity index (χ2n) is 6.26. The maximum atomic E-state index is 12.3. The van der Waals surface area contributed by atoms with Gasteiger partial charge in [-0.3, -0.25) is 4.79 Å². The van der Waals surface area contributed by atoms with Crippen LogP contribution >= 0.6 is 0 Å². The Morgan fingerprint density at radius 3 is 2.43 bits per heavy atom. The molecule has 2 N–H and O–H groups in total. The molecular formula is C20H24N2O. The quantitative estimate of drug-likeness (QED) is 0.907. The van der Waals surface area contributed by atoms with Gasteiger partial charge in [0.2, 0.25) is 5.91 Å². The van der Waals surface area contributed by atoms with Gasteiger partial charge in [0.05, 0.1) is 12.0 Å². The highest BCUT2D eigenvalue weighted by Crippen LogP contribution is 2.22. The van der Waals surface area contributed by atoms with E-state index < -0.39 is 0 Å². The Balaban J connectivity index is 1.63. The topological polar surface area (TPSA) is 41.1 Å². The van der Waals surface area contributed by atoms with Crippen molar-refractivity contribution in [3.05, 3.63) is 60.2 Å². The first-order chi connectivity index (χ1) is 11.2. The van der Waals surface area contributed by atoms with Crippen molar-refractivity contribution in [2.75, 3.05) is 13.1 Å². The van der Waals surface area contributed by atoms with E-state index in [9.17, 15) is 4.79 Å². The summed E-state index contributed by atoms with van der Waals surface area (Å²) in [6.07, 6.45) is 2.07. The van der Waals surface area contributed by atoms with Crippen LogP contribution < -0.4 is 10.6 Å².